The Labute approximate surface area is 118 Å². The van der Waals surface area contributed by atoms with E-state index in [2.05, 4.69) is 41.2 Å². The van der Waals surface area contributed by atoms with Crippen LogP contribution in [0.4, 0.5) is 5.82 Å². The van der Waals surface area contributed by atoms with Crippen molar-refractivity contribution in [2.24, 2.45) is 12.5 Å². The molecule has 19 heavy (non-hydrogen) atoms. The van der Waals surface area contributed by atoms with Gasteiger partial charge in [-0.05, 0) is 11.8 Å². The molecule has 0 fully saturated rings. The molecule has 2 aromatic heterocycles. The van der Waals surface area contributed by atoms with Crippen LogP contribution in [0.15, 0.2) is 12.5 Å². The minimum atomic E-state index is 0.0710. The summed E-state index contributed by atoms with van der Waals surface area (Å²) in [7, 11) is 1.86. The molecule has 6 heteroatoms. The smallest absolute Gasteiger partial charge is 0.163 e. The van der Waals surface area contributed by atoms with Crippen molar-refractivity contribution in [3.63, 3.8) is 0 Å². The lowest BCUT2D eigenvalue weighted by molar-refractivity contribution is 0.373. The molecule has 0 radical (unpaired) electrons. The number of halogens is 1. The van der Waals surface area contributed by atoms with Crippen LogP contribution in [0.5, 0.6) is 0 Å². The fourth-order valence-corrected chi connectivity index (χ4v) is 2.59. The van der Waals surface area contributed by atoms with Crippen LogP contribution in [0.2, 0.25) is 0 Å². The van der Waals surface area contributed by atoms with Gasteiger partial charge in [-0.25, -0.2) is 9.97 Å². The first-order valence-electron chi connectivity index (χ1n) is 6.37. The highest BCUT2D eigenvalue weighted by Gasteiger charge is 2.17. The van der Waals surface area contributed by atoms with Gasteiger partial charge in [0, 0.05) is 13.6 Å². The Kier molecular flexibility index (Phi) is 3.94. The van der Waals surface area contributed by atoms with Gasteiger partial charge in [-0.1, -0.05) is 20.8 Å². The van der Waals surface area contributed by atoms with E-state index in [-0.39, 0.29) is 10.8 Å². The topological polar surface area (TPSA) is 55.6 Å². The molecule has 0 aliphatic rings. The second-order valence-corrected chi connectivity index (χ2v) is 6.59. The van der Waals surface area contributed by atoms with Gasteiger partial charge in [-0.2, -0.15) is 5.10 Å². The molecule has 0 saturated heterocycles. The summed E-state index contributed by atoms with van der Waals surface area (Å²) in [5.74, 6) is 0.789. The van der Waals surface area contributed by atoms with E-state index >= 15 is 0 Å². The Hall–Kier alpha value is -1.36. The van der Waals surface area contributed by atoms with Gasteiger partial charge in [0.2, 0.25) is 0 Å². The summed E-state index contributed by atoms with van der Waals surface area (Å²) < 4.78 is 1.73. The molecule has 2 heterocycles. The Morgan fingerprint density at radius 1 is 1.37 bits per heavy atom. The fraction of sp³-hybridized carbons (Fsp3) is 0.615. The van der Waals surface area contributed by atoms with Gasteiger partial charge >= 0.3 is 0 Å². The SMILES string of the molecule is Cn1ncc2c(NCC(Cl)CC(C)(C)C)ncnc21. The van der Waals surface area contributed by atoms with E-state index in [1.807, 2.05) is 7.05 Å². The van der Waals surface area contributed by atoms with Crippen molar-refractivity contribution in [2.45, 2.75) is 32.6 Å². The van der Waals surface area contributed by atoms with E-state index in [1.165, 1.54) is 0 Å². The molecule has 1 unspecified atom stereocenters. The summed E-state index contributed by atoms with van der Waals surface area (Å²) in [6.45, 7) is 7.24. The highest BCUT2D eigenvalue weighted by molar-refractivity contribution is 6.21. The van der Waals surface area contributed by atoms with E-state index in [9.17, 15) is 0 Å². The second-order valence-electron chi connectivity index (χ2n) is 5.97. The maximum Gasteiger partial charge on any atom is 0.163 e. The third kappa shape index (κ3) is 3.56. The first-order chi connectivity index (χ1) is 8.87. The highest BCUT2D eigenvalue weighted by atomic mass is 35.5. The predicted molar refractivity (Wildman–Crippen MR) is 78.5 cm³/mol. The molecular formula is C13H20ClN5. The zero-order valence-corrected chi connectivity index (χ0v) is 12.6. The normalized spacial score (nSPS) is 13.7. The van der Waals surface area contributed by atoms with Crippen molar-refractivity contribution in [1.29, 1.82) is 0 Å². The summed E-state index contributed by atoms with van der Waals surface area (Å²) in [6, 6.07) is 0. The first kappa shape index (κ1) is 14.1. The minimum Gasteiger partial charge on any atom is -0.368 e. The summed E-state index contributed by atoms with van der Waals surface area (Å²) in [6.07, 6.45) is 4.26. The second kappa shape index (κ2) is 5.33. The number of nitrogens with zero attached hydrogens (tertiary/aromatic N) is 4. The Morgan fingerprint density at radius 2 is 2.11 bits per heavy atom. The predicted octanol–water partition coefficient (Wildman–Crippen LogP) is 2.82. The monoisotopic (exact) mass is 281 g/mol. The number of hydrogen-bond donors (Lipinski definition) is 1. The van der Waals surface area contributed by atoms with Crippen molar-refractivity contribution in [2.75, 3.05) is 11.9 Å². The van der Waals surface area contributed by atoms with Crippen LogP contribution in [0, 0.1) is 5.41 Å². The van der Waals surface area contributed by atoms with Gasteiger partial charge in [0.1, 0.15) is 12.1 Å². The number of fused-ring (bicyclic) bond motifs is 1. The summed E-state index contributed by atoms with van der Waals surface area (Å²) in [4.78, 5) is 8.46. The average Bonchev–Trinajstić information content (AvgIpc) is 2.67. The van der Waals surface area contributed by atoms with Crippen LogP contribution in [0.1, 0.15) is 27.2 Å². The number of aromatic nitrogens is 4. The number of aryl methyl sites for hydroxylation is 1. The zero-order valence-electron chi connectivity index (χ0n) is 11.8. The summed E-state index contributed by atoms with van der Waals surface area (Å²) >= 11 is 6.35. The minimum absolute atomic E-state index is 0.0710. The molecule has 0 bridgehead atoms. The number of hydrogen-bond acceptors (Lipinski definition) is 4. The van der Waals surface area contributed by atoms with Gasteiger partial charge < -0.3 is 5.32 Å². The molecule has 2 rings (SSSR count). The number of rotatable bonds is 4. The van der Waals surface area contributed by atoms with E-state index in [0.717, 1.165) is 23.3 Å². The molecule has 0 aliphatic heterocycles. The van der Waals surface area contributed by atoms with Crippen LogP contribution in [0.3, 0.4) is 0 Å². The number of anilines is 1. The van der Waals surface area contributed by atoms with Crippen LogP contribution in [-0.4, -0.2) is 31.7 Å². The molecule has 0 aromatic carbocycles. The van der Waals surface area contributed by atoms with E-state index < -0.39 is 0 Å². The maximum absolute atomic E-state index is 6.35. The van der Waals surface area contributed by atoms with Crippen molar-refractivity contribution in [3.05, 3.63) is 12.5 Å². The number of alkyl halides is 1. The van der Waals surface area contributed by atoms with Crippen molar-refractivity contribution in [1.82, 2.24) is 19.7 Å². The van der Waals surface area contributed by atoms with Crippen LogP contribution >= 0.6 is 11.6 Å². The maximum atomic E-state index is 6.35. The number of nitrogens with one attached hydrogen (secondary N) is 1. The summed E-state index contributed by atoms with van der Waals surface area (Å²) in [5, 5.41) is 8.46. The van der Waals surface area contributed by atoms with Gasteiger partial charge in [0.15, 0.2) is 5.65 Å². The van der Waals surface area contributed by atoms with E-state index in [0.29, 0.717) is 6.54 Å². The Morgan fingerprint density at radius 3 is 2.79 bits per heavy atom. The molecular weight excluding hydrogens is 262 g/mol. The van der Waals surface area contributed by atoms with Gasteiger partial charge in [0.05, 0.1) is 17.0 Å². The largest absolute Gasteiger partial charge is 0.368 e. The molecule has 0 aliphatic carbocycles. The van der Waals surface area contributed by atoms with Gasteiger partial charge in [0.25, 0.3) is 0 Å². The summed E-state index contributed by atoms with van der Waals surface area (Å²) in [5.41, 5.74) is 1.04. The lowest BCUT2D eigenvalue weighted by Crippen LogP contribution is -2.21. The molecule has 104 valence electrons. The van der Waals surface area contributed by atoms with Crippen LogP contribution in [0.25, 0.3) is 11.0 Å². The molecule has 5 nitrogen and oxygen atoms in total. The molecule has 0 saturated carbocycles. The van der Waals surface area contributed by atoms with Crippen LogP contribution in [-0.2, 0) is 7.05 Å². The van der Waals surface area contributed by atoms with Crippen molar-refractivity contribution in [3.8, 4) is 0 Å². The molecule has 0 amide bonds. The Balaban J connectivity index is 2.06. The van der Waals surface area contributed by atoms with Gasteiger partial charge in [-0.15, -0.1) is 11.6 Å². The first-order valence-corrected chi connectivity index (χ1v) is 6.81. The third-order valence-electron chi connectivity index (χ3n) is 2.85. The lowest BCUT2D eigenvalue weighted by atomic mass is 9.90. The lowest BCUT2D eigenvalue weighted by Gasteiger charge is -2.22. The standard InChI is InChI=1S/C13H20ClN5/c1-13(2,3)5-9(14)6-15-11-10-7-18-19(4)12(10)17-8-16-11/h7-9H,5-6H2,1-4H3,(H,15,16,17). The average molecular weight is 282 g/mol. The highest BCUT2D eigenvalue weighted by Crippen LogP contribution is 2.24. The van der Waals surface area contributed by atoms with E-state index in [4.69, 9.17) is 11.6 Å². The Bertz CT molecular complexity index is 558. The van der Waals surface area contributed by atoms with Crippen molar-refractivity contribution >= 4 is 28.5 Å². The third-order valence-corrected chi connectivity index (χ3v) is 3.16. The van der Waals surface area contributed by atoms with E-state index in [1.54, 1.807) is 17.2 Å². The molecule has 1 N–H and O–H groups in total. The fourth-order valence-electron chi connectivity index (χ4n) is 2.05. The zero-order chi connectivity index (χ0) is 14.0. The van der Waals surface area contributed by atoms with Gasteiger partial charge in [-0.3, -0.25) is 4.68 Å². The van der Waals surface area contributed by atoms with Crippen LogP contribution < -0.4 is 5.32 Å². The molecule has 0 spiro atoms. The quantitative estimate of drug-likeness (QED) is 0.876. The van der Waals surface area contributed by atoms with Crippen molar-refractivity contribution < 1.29 is 0 Å². The molecule has 1 atom stereocenters. The molecule has 2 aromatic rings.